The first-order valence-electron chi connectivity index (χ1n) is 7.27. The van der Waals surface area contributed by atoms with Gasteiger partial charge < -0.3 is 10.6 Å². The van der Waals surface area contributed by atoms with Crippen LogP contribution in [0.1, 0.15) is 31.4 Å². The van der Waals surface area contributed by atoms with Crippen LogP contribution >= 0.6 is 0 Å². The molecule has 1 atom stereocenters. The number of H-pyrrole nitrogens is 1. The molecule has 0 amide bonds. The zero-order valence-corrected chi connectivity index (χ0v) is 12.9. The van der Waals surface area contributed by atoms with Crippen LogP contribution < -0.4 is 10.6 Å². The summed E-state index contributed by atoms with van der Waals surface area (Å²) in [6.07, 6.45) is 1.76. The Hall–Kier alpha value is -2.70. The number of aryl methyl sites for hydroxylation is 1. The van der Waals surface area contributed by atoms with Crippen molar-refractivity contribution in [1.29, 1.82) is 0 Å². The van der Waals surface area contributed by atoms with Crippen molar-refractivity contribution in [1.82, 2.24) is 25.1 Å². The molecule has 1 unspecified atom stereocenters. The zero-order chi connectivity index (χ0) is 15.7. The van der Waals surface area contributed by atoms with Gasteiger partial charge in [-0.1, -0.05) is 6.07 Å². The lowest BCUT2D eigenvalue weighted by Crippen LogP contribution is -2.28. The zero-order valence-electron chi connectivity index (χ0n) is 12.9. The first-order valence-corrected chi connectivity index (χ1v) is 7.27. The van der Waals surface area contributed by atoms with Crippen molar-refractivity contribution in [3.05, 3.63) is 35.9 Å². The third kappa shape index (κ3) is 2.45. The Bertz CT molecular complexity index is 795. The number of nitrogens with zero attached hydrogens (tertiary/aromatic N) is 5. The van der Waals surface area contributed by atoms with Gasteiger partial charge in [-0.05, 0) is 32.9 Å². The summed E-state index contributed by atoms with van der Waals surface area (Å²) in [4.78, 5) is 15.6. The molecule has 0 fully saturated rings. The van der Waals surface area contributed by atoms with Crippen LogP contribution in [-0.2, 0) is 0 Å². The van der Waals surface area contributed by atoms with Crippen molar-refractivity contribution in [2.45, 2.75) is 26.8 Å². The standard InChI is InChI=1S/C15H19N7/c1-4-22(9(2)12-6-5-7-13(16)20-12)15-11-8-17-21-14(11)18-10(3)19-15/h5-9H,4H2,1-3H3,(H2,16,20)(H,17,18,19,21). The number of pyridine rings is 1. The third-order valence-corrected chi connectivity index (χ3v) is 3.70. The molecule has 3 N–H and O–H groups in total. The summed E-state index contributed by atoms with van der Waals surface area (Å²) in [5.41, 5.74) is 7.46. The molecule has 0 saturated carbocycles. The predicted octanol–water partition coefficient (Wildman–Crippen LogP) is 2.23. The molecule has 0 saturated heterocycles. The number of nitrogen functional groups attached to an aromatic ring is 1. The molecule has 0 aliphatic rings. The van der Waals surface area contributed by atoms with Crippen molar-refractivity contribution in [3.8, 4) is 0 Å². The summed E-state index contributed by atoms with van der Waals surface area (Å²) in [7, 11) is 0. The smallest absolute Gasteiger partial charge is 0.161 e. The van der Waals surface area contributed by atoms with E-state index in [9.17, 15) is 0 Å². The lowest BCUT2D eigenvalue weighted by Gasteiger charge is -2.29. The van der Waals surface area contributed by atoms with E-state index in [-0.39, 0.29) is 6.04 Å². The number of aromatic nitrogens is 5. The molecule has 0 aliphatic heterocycles. The summed E-state index contributed by atoms with van der Waals surface area (Å²) in [6.45, 7) is 6.84. The van der Waals surface area contributed by atoms with Gasteiger partial charge in [-0.25, -0.2) is 15.0 Å². The van der Waals surface area contributed by atoms with Crippen molar-refractivity contribution >= 4 is 22.7 Å². The fourth-order valence-electron chi connectivity index (χ4n) is 2.62. The molecule has 0 bridgehead atoms. The molecule has 3 heterocycles. The van der Waals surface area contributed by atoms with Crippen molar-refractivity contribution in [2.75, 3.05) is 17.2 Å². The van der Waals surface area contributed by atoms with E-state index in [4.69, 9.17) is 5.73 Å². The Morgan fingerprint density at radius 1 is 1.27 bits per heavy atom. The molecule has 22 heavy (non-hydrogen) atoms. The van der Waals surface area contributed by atoms with E-state index in [0.29, 0.717) is 11.6 Å². The summed E-state index contributed by atoms with van der Waals surface area (Å²) < 4.78 is 0. The van der Waals surface area contributed by atoms with Gasteiger partial charge >= 0.3 is 0 Å². The van der Waals surface area contributed by atoms with Gasteiger partial charge in [0.15, 0.2) is 5.65 Å². The van der Waals surface area contributed by atoms with E-state index >= 15 is 0 Å². The fourth-order valence-corrected chi connectivity index (χ4v) is 2.62. The van der Waals surface area contributed by atoms with E-state index in [0.717, 1.165) is 29.1 Å². The molecule has 7 heteroatoms. The van der Waals surface area contributed by atoms with Crippen molar-refractivity contribution < 1.29 is 0 Å². The van der Waals surface area contributed by atoms with Crippen LogP contribution in [-0.4, -0.2) is 31.7 Å². The van der Waals surface area contributed by atoms with Crippen LogP contribution in [0.5, 0.6) is 0 Å². The highest BCUT2D eigenvalue weighted by Gasteiger charge is 2.21. The third-order valence-electron chi connectivity index (χ3n) is 3.70. The van der Waals surface area contributed by atoms with Crippen LogP contribution in [0.2, 0.25) is 0 Å². The molecule has 0 aromatic carbocycles. The van der Waals surface area contributed by atoms with E-state index in [2.05, 4.69) is 43.9 Å². The Morgan fingerprint density at radius 3 is 2.82 bits per heavy atom. The van der Waals surface area contributed by atoms with Crippen LogP contribution in [0.25, 0.3) is 11.0 Å². The summed E-state index contributed by atoms with van der Waals surface area (Å²) in [5, 5.41) is 7.89. The Kier molecular flexibility index (Phi) is 3.62. The molecular weight excluding hydrogens is 278 g/mol. The van der Waals surface area contributed by atoms with Gasteiger partial charge in [0, 0.05) is 6.54 Å². The van der Waals surface area contributed by atoms with Gasteiger partial charge in [-0.2, -0.15) is 5.10 Å². The maximum atomic E-state index is 5.80. The van der Waals surface area contributed by atoms with Crippen molar-refractivity contribution in [2.24, 2.45) is 0 Å². The molecular formula is C15H19N7. The van der Waals surface area contributed by atoms with E-state index in [1.54, 1.807) is 12.3 Å². The SMILES string of the molecule is CCN(c1nc(C)nc2[nH]ncc12)C(C)c1cccc(N)n1. The first-order chi connectivity index (χ1) is 10.6. The molecule has 7 nitrogen and oxygen atoms in total. The maximum Gasteiger partial charge on any atom is 0.161 e. The van der Waals surface area contributed by atoms with Gasteiger partial charge in [-0.15, -0.1) is 0 Å². The number of hydrogen-bond donors (Lipinski definition) is 2. The molecule has 0 spiro atoms. The predicted molar refractivity (Wildman–Crippen MR) is 86.5 cm³/mol. The van der Waals surface area contributed by atoms with E-state index < -0.39 is 0 Å². The number of fused-ring (bicyclic) bond motifs is 1. The molecule has 3 rings (SSSR count). The molecule has 0 radical (unpaired) electrons. The number of anilines is 2. The fraction of sp³-hybridized carbons (Fsp3) is 0.333. The molecule has 114 valence electrons. The number of rotatable bonds is 4. The maximum absolute atomic E-state index is 5.80. The van der Waals surface area contributed by atoms with Gasteiger partial charge in [0.05, 0.1) is 23.3 Å². The minimum atomic E-state index is 0.0425. The second-order valence-electron chi connectivity index (χ2n) is 5.18. The van der Waals surface area contributed by atoms with Gasteiger partial charge in [0.2, 0.25) is 0 Å². The topological polar surface area (TPSA) is 96.6 Å². The number of aromatic amines is 1. The summed E-state index contributed by atoms with van der Waals surface area (Å²) in [6, 6.07) is 5.72. The van der Waals surface area contributed by atoms with Crippen LogP contribution in [0.4, 0.5) is 11.6 Å². The van der Waals surface area contributed by atoms with Crippen LogP contribution in [0, 0.1) is 6.92 Å². The Morgan fingerprint density at radius 2 is 2.09 bits per heavy atom. The van der Waals surface area contributed by atoms with Gasteiger partial charge in [-0.3, -0.25) is 5.10 Å². The average Bonchev–Trinajstić information content (AvgIpc) is 2.96. The van der Waals surface area contributed by atoms with Crippen molar-refractivity contribution in [3.63, 3.8) is 0 Å². The van der Waals surface area contributed by atoms with Crippen LogP contribution in [0.3, 0.4) is 0 Å². The van der Waals surface area contributed by atoms with Gasteiger partial charge in [0.25, 0.3) is 0 Å². The average molecular weight is 297 g/mol. The first kappa shape index (κ1) is 14.2. The highest BCUT2D eigenvalue weighted by Crippen LogP contribution is 2.29. The second kappa shape index (κ2) is 5.59. The Labute approximate surface area is 128 Å². The highest BCUT2D eigenvalue weighted by molar-refractivity contribution is 5.86. The minimum Gasteiger partial charge on any atom is -0.384 e. The van der Waals surface area contributed by atoms with Gasteiger partial charge in [0.1, 0.15) is 17.5 Å². The van der Waals surface area contributed by atoms with Crippen LogP contribution in [0.15, 0.2) is 24.4 Å². The monoisotopic (exact) mass is 297 g/mol. The lowest BCUT2D eigenvalue weighted by atomic mass is 10.1. The lowest BCUT2D eigenvalue weighted by molar-refractivity contribution is 0.663. The molecule has 3 aromatic rings. The molecule has 3 aromatic heterocycles. The molecule has 0 aliphatic carbocycles. The normalized spacial score (nSPS) is 12.5. The second-order valence-corrected chi connectivity index (χ2v) is 5.18. The highest BCUT2D eigenvalue weighted by atomic mass is 15.2. The number of hydrogen-bond acceptors (Lipinski definition) is 6. The summed E-state index contributed by atoms with van der Waals surface area (Å²) >= 11 is 0. The van der Waals surface area contributed by atoms with E-state index in [1.165, 1.54) is 0 Å². The number of nitrogens with one attached hydrogen (secondary N) is 1. The minimum absolute atomic E-state index is 0.0425. The van der Waals surface area contributed by atoms with E-state index in [1.807, 2.05) is 19.1 Å². The largest absolute Gasteiger partial charge is 0.384 e. The summed E-state index contributed by atoms with van der Waals surface area (Å²) in [5.74, 6) is 2.08. The quantitative estimate of drug-likeness (QED) is 0.766. The Balaban J connectivity index is 2.08. The number of nitrogens with two attached hydrogens (primary N) is 1.